The van der Waals surface area contributed by atoms with Gasteiger partial charge < -0.3 is 40.5 Å². The number of carbonyl (C=O) groups excluding carboxylic acids is 2. The molecule has 5 heterocycles. The Balaban J connectivity index is 1.36. The van der Waals surface area contributed by atoms with Crippen LogP contribution in [0.4, 0.5) is 11.8 Å². The van der Waals surface area contributed by atoms with Gasteiger partial charge in [0.1, 0.15) is 28.9 Å². The lowest BCUT2D eigenvalue weighted by Gasteiger charge is -2.39. The number of nitrogen functional groups attached to an aromatic ring is 1. The summed E-state index contributed by atoms with van der Waals surface area (Å²) in [6.45, 7) is 2.90. The average molecular weight is 559 g/mol. The van der Waals surface area contributed by atoms with Crippen molar-refractivity contribution in [3.05, 3.63) is 59.4 Å². The minimum atomic E-state index is -0.430. The second kappa shape index (κ2) is 10.8. The van der Waals surface area contributed by atoms with Crippen molar-refractivity contribution in [2.24, 2.45) is 0 Å². The van der Waals surface area contributed by atoms with Crippen molar-refractivity contribution in [3.63, 3.8) is 0 Å². The Morgan fingerprint density at radius 3 is 2.88 bits per heavy atom. The first kappa shape index (κ1) is 26.2. The Morgan fingerprint density at radius 1 is 1.15 bits per heavy atom. The lowest BCUT2D eigenvalue weighted by Crippen LogP contribution is -2.57. The molecular formula is C28H30N8O5. The first-order valence-corrected chi connectivity index (χ1v) is 13.2. The molecule has 2 aromatic carbocycles. The van der Waals surface area contributed by atoms with Crippen LogP contribution in [-0.2, 0) is 11.3 Å². The molecule has 7 rings (SSSR count). The number of benzene rings is 2. The number of anilines is 2. The van der Waals surface area contributed by atoms with Gasteiger partial charge in [0.2, 0.25) is 5.95 Å². The number of aromatic nitrogens is 4. The molecule has 0 radical (unpaired) electrons. The van der Waals surface area contributed by atoms with Gasteiger partial charge in [-0.15, -0.1) is 0 Å². The standard InChI is InChI=1S/C28H30N8O5/c1-15-3-4-16-9-21(15)40-13-23(37)30-11-17-5-6-18(10-22(17)39-2)41-20-7-8-36(12-19(20)33-27(16)38)26-24-25(32-14-31-24)34-28(29)35-26/h3-6,9-10,14,19-20H,7-8,11-13H2,1-2H3,(H,30,37)(H,33,38)(H3,29,31,32,34,35)/t19-,20+/m0/s1. The average Bonchev–Trinajstić information content (AvgIpc) is 3.44. The molecule has 212 valence electrons. The van der Waals surface area contributed by atoms with Crippen LogP contribution in [0.1, 0.15) is 27.9 Å². The number of carbonyl (C=O) groups is 2. The van der Waals surface area contributed by atoms with E-state index in [9.17, 15) is 9.59 Å². The summed E-state index contributed by atoms with van der Waals surface area (Å²) in [5.41, 5.74) is 9.11. The van der Waals surface area contributed by atoms with Crippen molar-refractivity contribution in [3.8, 4) is 17.2 Å². The van der Waals surface area contributed by atoms with Crippen molar-refractivity contribution >= 4 is 34.7 Å². The van der Waals surface area contributed by atoms with Crippen LogP contribution in [0.5, 0.6) is 17.2 Å². The number of hydrogen-bond acceptors (Lipinski definition) is 10. The number of ether oxygens (including phenoxy) is 3. The lowest BCUT2D eigenvalue weighted by atomic mass is 10.0. The number of nitrogens with two attached hydrogens (primary N) is 1. The van der Waals surface area contributed by atoms with Crippen LogP contribution in [-0.4, -0.2) is 70.7 Å². The van der Waals surface area contributed by atoms with Gasteiger partial charge in [-0.25, -0.2) is 4.98 Å². The summed E-state index contributed by atoms with van der Waals surface area (Å²) in [5.74, 6) is 1.74. The molecule has 0 aliphatic carbocycles. The lowest BCUT2D eigenvalue weighted by molar-refractivity contribution is -0.123. The molecule has 3 aliphatic heterocycles. The van der Waals surface area contributed by atoms with E-state index in [0.29, 0.717) is 59.3 Å². The number of methoxy groups -OCH3 is 1. The van der Waals surface area contributed by atoms with Crippen LogP contribution in [0.15, 0.2) is 42.7 Å². The number of fused-ring (bicyclic) bond motifs is 8. The van der Waals surface area contributed by atoms with Gasteiger partial charge in [0.25, 0.3) is 11.8 Å². The third-order valence-electron chi connectivity index (χ3n) is 7.28. The molecule has 4 bridgehead atoms. The summed E-state index contributed by atoms with van der Waals surface area (Å²) < 4.78 is 17.8. The fourth-order valence-corrected chi connectivity index (χ4v) is 5.12. The van der Waals surface area contributed by atoms with Crippen LogP contribution in [0.3, 0.4) is 0 Å². The Kier molecular flexibility index (Phi) is 6.91. The number of hydrogen-bond donors (Lipinski definition) is 4. The van der Waals surface area contributed by atoms with Crippen molar-refractivity contribution < 1.29 is 23.8 Å². The molecule has 4 aromatic rings. The zero-order valence-corrected chi connectivity index (χ0v) is 22.6. The molecular weight excluding hydrogens is 528 g/mol. The van der Waals surface area contributed by atoms with Crippen LogP contribution >= 0.6 is 0 Å². The predicted octanol–water partition coefficient (Wildman–Crippen LogP) is 1.72. The van der Waals surface area contributed by atoms with E-state index in [4.69, 9.17) is 19.9 Å². The van der Waals surface area contributed by atoms with Crippen LogP contribution < -0.4 is 35.5 Å². The summed E-state index contributed by atoms with van der Waals surface area (Å²) >= 11 is 0. The molecule has 2 amide bonds. The number of aromatic amines is 1. The first-order valence-electron chi connectivity index (χ1n) is 13.2. The van der Waals surface area contributed by atoms with E-state index in [0.717, 1.165) is 11.1 Å². The maximum Gasteiger partial charge on any atom is 0.258 e. The second-order valence-electron chi connectivity index (χ2n) is 10.00. The van der Waals surface area contributed by atoms with Crippen molar-refractivity contribution in [1.29, 1.82) is 0 Å². The number of H-pyrrole nitrogens is 1. The summed E-state index contributed by atoms with van der Waals surface area (Å²) in [7, 11) is 1.57. The molecule has 0 unspecified atom stereocenters. The van der Waals surface area contributed by atoms with Gasteiger partial charge in [-0.1, -0.05) is 6.07 Å². The molecule has 1 fully saturated rings. The Morgan fingerprint density at radius 2 is 2.02 bits per heavy atom. The highest BCUT2D eigenvalue weighted by molar-refractivity contribution is 5.95. The summed E-state index contributed by atoms with van der Waals surface area (Å²) in [6.07, 6.45) is 1.76. The Hall–Kier alpha value is -5.07. The second-order valence-corrected chi connectivity index (χ2v) is 10.00. The quantitative estimate of drug-likeness (QED) is 0.284. The highest BCUT2D eigenvalue weighted by Crippen LogP contribution is 2.30. The molecule has 13 nitrogen and oxygen atoms in total. The van der Waals surface area contributed by atoms with Crippen LogP contribution in [0.25, 0.3) is 11.2 Å². The zero-order valence-electron chi connectivity index (χ0n) is 22.6. The number of piperidine rings is 1. The first-order chi connectivity index (χ1) is 19.9. The highest BCUT2D eigenvalue weighted by atomic mass is 16.5. The maximum atomic E-state index is 13.5. The third-order valence-corrected chi connectivity index (χ3v) is 7.28. The minimum absolute atomic E-state index is 0.114. The van der Waals surface area contributed by atoms with E-state index in [1.54, 1.807) is 37.7 Å². The van der Waals surface area contributed by atoms with E-state index in [2.05, 4.69) is 30.6 Å². The smallest absolute Gasteiger partial charge is 0.258 e. The SMILES string of the molecule is COc1cc2ccc1CNC(=O)COc1cc(ccc1C)C(=O)N[C@H]1CN(c3nc(N)nc4nc[nH]c34)CC[C@H]1O2. The molecule has 41 heavy (non-hydrogen) atoms. The van der Waals surface area contributed by atoms with E-state index in [1.807, 2.05) is 24.0 Å². The van der Waals surface area contributed by atoms with Gasteiger partial charge in [-0.2, -0.15) is 9.97 Å². The van der Waals surface area contributed by atoms with Gasteiger partial charge in [0.15, 0.2) is 18.1 Å². The van der Waals surface area contributed by atoms with E-state index in [1.165, 1.54) is 0 Å². The molecule has 1 saturated heterocycles. The molecule has 2 atom stereocenters. The molecule has 0 saturated carbocycles. The molecule has 13 heteroatoms. The predicted molar refractivity (Wildman–Crippen MR) is 150 cm³/mol. The third kappa shape index (κ3) is 5.38. The number of nitrogens with zero attached hydrogens (tertiary/aromatic N) is 4. The van der Waals surface area contributed by atoms with Crippen molar-refractivity contribution in [2.75, 3.05) is 37.4 Å². The van der Waals surface area contributed by atoms with Crippen LogP contribution in [0.2, 0.25) is 0 Å². The van der Waals surface area contributed by atoms with Crippen LogP contribution in [0, 0.1) is 6.92 Å². The summed E-state index contributed by atoms with van der Waals surface area (Å²) in [6, 6.07) is 10.2. The number of imidazole rings is 1. The number of nitrogens with one attached hydrogen (secondary N) is 3. The number of rotatable bonds is 2. The van der Waals surface area contributed by atoms with Gasteiger partial charge in [-0.3, -0.25) is 9.59 Å². The molecule has 3 aliphatic rings. The summed E-state index contributed by atoms with van der Waals surface area (Å²) in [5, 5.41) is 6.00. The summed E-state index contributed by atoms with van der Waals surface area (Å²) in [4.78, 5) is 44.1. The zero-order chi connectivity index (χ0) is 28.5. The molecule has 2 aromatic heterocycles. The Bertz CT molecular complexity index is 1620. The number of amides is 2. The normalized spacial score (nSPS) is 19.4. The van der Waals surface area contributed by atoms with Gasteiger partial charge in [0, 0.05) is 43.2 Å². The number of aryl methyl sites for hydroxylation is 1. The topological polar surface area (TPSA) is 170 Å². The van der Waals surface area contributed by atoms with E-state index in [-0.39, 0.29) is 37.0 Å². The van der Waals surface area contributed by atoms with Gasteiger partial charge >= 0.3 is 0 Å². The highest BCUT2D eigenvalue weighted by Gasteiger charge is 2.34. The fraction of sp³-hybridized carbons (Fsp3) is 0.321. The monoisotopic (exact) mass is 558 g/mol. The maximum absolute atomic E-state index is 13.5. The molecule has 0 spiro atoms. The largest absolute Gasteiger partial charge is 0.496 e. The van der Waals surface area contributed by atoms with Crippen molar-refractivity contribution in [2.45, 2.75) is 32.0 Å². The molecule has 5 N–H and O–H groups in total. The fourth-order valence-electron chi connectivity index (χ4n) is 5.12. The van der Waals surface area contributed by atoms with E-state index >= 15 is 0 Å². The van der Waals surface area contributed by atoms with Gasteiger partial charge in [0.05, 0.1) is 19.5 Å². The Labute approximate surface area is 235 Å². The van der Waals surface area contributed by atoms with Crippen molar-refractivity contribution in [1.82, 2.24) is 30.6 Å². The van der Waals surface area contributed by atoms with E-state index < -0.39 is 6.04 Å². The van der Waals surface area contributed by atoms with Gasteiger partial charge in [-0.05, 0) is 36.8 Å². The minimum Gasteiger partial charge on any atom is -0.496 e.